The van der Waals surface area contributed by atoms with Gasteiger partial charge in [-0.05, 0) is 38.0 Å². The number of aromatic nitrogens is 4. The maximum absolute atomic E-state index is 12.7. The fourth-order valence-corrected chi connectivity index (χ4v) is 3.78. The first-order chi connectivity index (χ1) is 14.8. The third-order valence-corrected chi connectivity index (χ3v) is 5.71. The van der Waals surface area contributed by atoms with Crippen LogP contribution < -0.4 is 10.2 Å². The Balaban J connectivity index is 1.51. The van der Waals surface area contributed by atoms with Crippen molar-refractivity contribution in [2.45, 2.75) is 39.8 Å². The van der Waals surface area contributed by atoms with Crippen molar-refractivity contribution in [3.63, 3.8) is 0 Å². The fraction of sp³-hybridized carbons (Fsp3) is 0.391. The number of aryl methyl sites for hydroxylation is 1. The zero-order valence-corrected chi connectivity index (χ0v) is 18.6. The van der Waals surface area contributed by atoms with Crippen molar-refractivity contribution >= 4 is 17.8 Å². The Bertz CT molecular complexity index is 1060. The molecule has 0 aliphatic carbocycles. The van der Waals surface area contributed by atoms with E-state index in [1.54, 1.807) is 28.4 Å². The molecule has 2 amide bonds. The molecule has 162 valence electrons. The number of urea groups is 1. The highest BCUT2D eigenvalue weighted by Gasteiger charge is 2.38. The van der Waals surface area contributed by atoms with Crippen molar-refractivity contribution in [2.75, 3.05) is 23.8 Å². The Morgan fingerprint density at radius 1 is 1.10 bits per heavy atom. The molecule has 2 aromatic heterocycles. The minimum absolute atomic E-state index is 0.0340. The number of rotatable bonds is 6. The van der Waals surface area contributed by atoms with Crippen LogP contribution in [-0.2, 0) is 0 Å². The van der Waals surface area contributed by atoms with Crippen LogP contribution in [0.3, 0.4) is 0 Å². The van der Waals surface area contributed by atoms with Gasteiger partial charge in [0.05, 0.1) is 24.1 Å². The van der Waals surface area contributed by atoms with E-state index >= 15 is 0 Å². The van der Waals surface area contributed by atoms with Crippen LogP contribution >= 0.6 is 0 Å². The van der Waals surface area contributed by atoms with Crippen LogP contribution in [0.4, 0.5) is 16.6 Å². The van der Waals surface area contributed by atoms with Gasteiger partial charge in [-0.25, -0.2) is 14.8 Å². The SMILES string of the molecule is Cc1ccc(-n2cnc([C@H](C)Nc3nccc(N4C(=O)N(C)CC4C(C)C)n3)c2)cc1. The highest BCUT2D eigenvalue weighted by molar-refractivity contribution is 5.94. The molecule has 1 fully saturated rings. The van der Waals surface area contributed by atoms with E-state index in [-0.39, 0.29) is 18.1 Å². The van der Waals surface area contributed by atoms with Gasteiger partial charge in [0.25, 0.3) is 0 Å². The highest BCUT2D eigenvalue weighted by atomic mass is 16.2. The van der Waals surface area contributed by atoms with E-state index in [9.17, 15) is 4.79 Å². The number of benzene rings is 1. The zero-order chi connectivity index (χ0) is 22.1. The lowest BCUT2D eigenvalue weighted by Gasteiger charge is -2.25. The number of hydrogen-bond donors (Lipinski definition) is 1. The molecule has 1 saturated heterocycles. The lowest BCUT2D eigenvalue weighted by Crippen LogP contribution is -2.38. The van der Waals surface area contributed by atoms with E-state index < -0.39 is 0 Å². The Kier molecular flexibility index (Phi) is 5.63. The molecule has 4 rings (SSSR count). The van der Waals surface area contributed by atoms with Gasteiger partial charge >= 0.3 is 6.03 Å². The van der Waals surface area contributed by atoms with E-state index in [2.05, 4.69) is 65.3 Å². The van der Waals surface area contributed by atoms with Gasteiger partial charge in [-0.3, -0.25) is 4.90 Å². The molecule has 8 heteroatoms. The minimum atomic E-state index is -0.0974. The molecule has 0 saturated carbocycles. The standard InChI is InChI=1S/C23H29N7O/c1-15(2)20-13-28(5)23(31)30(20)21-10-11-24-22(27-21)26-17(4)19-12-29(14-25-19)18-8-6-16(3)7-9-18/h6-12,14-15,17,20H,13H2,1-5H3,(H,24,26,27)/t17-,20?/m0/s1. The molecule has 1 N–H and O–H groups in total. The average molecular weight is 420 g/mol. The molecule has 1 aliphatic rings. The molecule has 1 aromatic carbocycles. The summed E-state index contributed by atoms with van der Waals surface area (Å²) in [6.45, 7) is 9.02. The third kappa shape index (κ3) is 4.23. The summed E-state index contributed by atoms with van der Waals surface area (Å²) < 4.78 is 2.00. The van der Waals surface area contributed by atoms with Gasteiger partial charge in [-0.1, -0.05) is 31.5 Å². The predicted molar refractivity (Wildman–Crippen MR) is 122 cm³/mol. The van der Waals surface area contributed by atoms with Gasteiger partial charge in [0.1, 0.15) is 5.82 Å². The number of nitrogens with zero attached hydrogens (tertiary/aromatic N) is 6. The second-order valence-corrected chi connectivity index (χ2v) is 8.49. The van der Waals surface area contributed by atoms with Gasteiger partial charge in [0.2, 0.25) is 5.95 Å². The Labute approximate surface area is 182 Å². The predicted octanol–water partition coefficient (Wildman–Crippen LogP) is 4.04. The number of amides is 2. The summed E-state index contributed by atoms with van der Waals surface area (Å²) in [6, 6.07) is 10.0. The third-order valence-electron chi connectivity index (χ3n) is 5.71. The van der Waals surface area contributed by atoms with Gasteiger partial charge < -0.3 is 14.8 Å². The molecule has 8 nitrogen and oxygen atoms in total. The first-order valence-corrected chi connectivity index (χ1v) is 10.6. The first-order valence-electron chi connectivity index (χ1n) is 10.6. The van der Waals surface area contributed by atoms with E-state index in [4.69, 9.17) is 0 Å². The molecular weight excluding hydrogens is 390 g/mol. The molecule has 0 radical (unpaired) electrons. The van der Waals surface area contributed by atoms with Gasteiger partial charge in [-0.15, -0.1) is 0 Å². The monoisotopic (exact) mass is 419 g/mol. The van der Waals surface area contributed by atoms with Crippen LogP contribution in [0.1, 0.15) is 38.1 Å². The van der Waals surface area contributed by atoms with Crippen molar-refractivity contribution in [2.24, 2.45) is 5.92 Å². The number of carbonyl (C=O) groups excluding carboxylic acids is 1. The van der Waals surface area contributed by atoms with Crippen LogP contribution in [0.5, 0.6) is 0 Å². The number of hydrogen-bond acceptors (Lipinski definition) is 5. The van der Waals surface area contributed by atoms with E-state index in [0.29, 0.717) is 24.2 Å². The van der Waals surface area contributed by atoms with E-state index in [1.165, 1.54) is 5.56 Å². The Morgan fingerprint density at radius 2 is 1.84 bits per heavy atom. The summed E-state index contributed by atoms with van der Waals surface area (Å²) >= 11 is 0. The molecule has 3 heterocycles. The van der Waals surface area contributed by atoms with Crippen molar-refractivity contribution in [1.82, 2.24) is 24.4 Å². The lowest BCUT2D eigenvalue weighted by molar-refractivity contribution is 0.229. The quantitative estimate of drug-likeness (QED) is 0.652. The fourth-order valence-electron chi connectivity index (χ4n) is 3.78. The summed E-state index contributed by atoms with van der Waals surface area (Å²) in [5.74, 6) is 1.41. The minimum Gasteiger partial charge on any atom is -0.346 e. The Morgan fingerprint density at radius 3 is 2.55 bits per heavy atom. The van der Waals surface area contributed by atoms with Gasteiger partial charge in [-0.2, -0.15) is 4.98 Å². The van der Waals surface area contributed by atoms with Crippen molar-refractivity contribution in [3.05, 3.63) is 60.3 Å². The summed E-state index contributed by atoms with van der Waals surface area (Å²) in [5.41, 5.74) is 3.16. The number of imidazole rings is 1. The average Bonchev–Trinajstić information content (AvgIpc) is 3.34. The molecule has 1 aliphatic heterocycles. The van der Waals surface area contributed by atoms with Gasteiger partial charge in [0, 0.05) is 31.7 Å². The Hall–Kier alpha value is -3.42. The maximum atomic E-state index is 12.7. The molecule has 0 spiro atoms. The number of likely N-dealkylation sites (N-methyl/N-ethyl adjacent to an activating group) is 1. The van der Waals surface area contributed by atoms with Crippen molar-refractivity contribution < 1.29 is 4.79 Å². The second kappa shape index (κ2) is 8.37. The summed E-state index contributed by atoms with van der Waals surface area (Å²) in [5, 5.41) is 3.32. The van der Waals surface area contributed by atoms with Crippen LogP contribution in [0.25, 0.3) is 5.69 Å². The summed E-state index contributed by atoms with van der Waals surface area (Å²) in [6.07, 6.45) is 5.49. The van der Waals surface area contributed by atoms with Crippen LogP contribution in [-0.4, -0.2) is 50.1 Å². The number of anilines is 2. The van der Waals surface area contributed by atoms with Crippen molar-refractivity contribution in [1.29, 1.82) is 0 Å². The van der Waals surface area contributed by atoms with Crippen LogP contribution in [0, 0.1) is 12.8 Å². The summed E-state index contributed by atoms with van der Waals surface area (Å²) in [4.78, 5) is 29.7. The zero-order valence-electron chi connectivity index (χ0n) is 18.6. The highest BCUT2D eigenvalue weighted by Crippen LogP contribution is 2.27. The molecule has 2 atom stereocenters. The molecule has 0 bridgehead atoms. The topological polar surface area (TPSA) is 79.2 Å². The lowest BCUT2D eigenvalue weighted by atomic mass is 10.0. The second-order valence-electron chi connectivity index (χ2n) is 8.49. The number of carbonyl (C=O) groups is 1. The molecule has 1 unspecified atom stereocenters. The molecular formula is C23H29N7O. The van der Waals surface area contributed by atoms with E-state index in [0.717, 1.165) is 11.4 Å². The summed E-state index contributed by atoms with van der Waals surface area (Å²) in [7, 11) is 1.82. The number of nitrogens with one attached hydrogen (secondary N) is 1. The molecule has 31 heavy (non-hydrogen) atoms. The first kappa shape index (κ1) is 20.8. The van der Waals surface area contributed by atoms with Crippen LogP contribution in [0.15, 0.2) is 49.1 Å². The molecule has 3 aromatic rings. The smallest absolute Gasteiger partial charge is 0.325 e. The van der Waals surface area contributed by atoms with Crippen molar-refractivity contribution in [3.8, 4) is 5.69 Å². The largest absolute Gasteiger partial charge is 0.346 e. The maximum Gasteiger partial charge on any atom is 0.325 e. The van der Waals surface area contributed by atoms with E-state index in [1.807, 2.05) is 24.7 Å². The normalized spacial score (nSPS) is 17.5. The van der Waals surface area contributed by atoms with Crippen LogP contribution in [0.2, 0.25) is 0 Å². The van der Waals surface area contributed by atoms with Gasteiger partial charge in [0.15, 0.2) is 0 Å².